The molecule has 0 aliphatic heterocycles. The Morgan fingerprint density at radius 1 is 1.25 bits per heavy atom. The number of carbonyl (C=O) groups excluding carboxylic acids is 1. The minimum Gasteiger partial charge on any atom is -0.478 e. The zero-order chi connectivity index (χ0) is 14.7. The molecule has 0 atom stereocenters. The highest BCUT2D eigenvalue weighted by molar-refractivity contribution is 6.33. The third-order valence-corrected chi connectivity index (χ3v) is 3.00. The lowest BCUT2D eigenvalue weighted by Crippen LogP contribution is -2.04. The molecule has 0 spiro atoms. The lowest BCUT2D eigenvalue weighted by molar-refractivity contribution is 0.0600. The summed E-state index contributed by atoms with van der Waals surface area (Å²) in [5.74, 6) is -1.64. The highest BCUT2D eigenvalue weighted by Crippen LogP contribution is 2.27. The van der Waals surface area contributed by atoms with Crippen LogP contribution in [-0.2, 0) is 4.74 Å². The van der Waals surface area contributed by atoms with E-state index in [0.29, 0.717) is 11.3 Å². The molecule has 1 heterocycles. The fourth-order valence-electron chi connectivity index (χ4n) is 1.75. The first kappa shape index (κ1) is 14.0. The van der Waals surface area contributed by atoms with Gasteiger partial charge in [0.15, 0.2) is 0 Å². The lowest BCUT2D eigenvalue weighted by Gasteiger charge is -2.07. The average Bonchev–Trinajstić information content (AvgIpc) is 2.46. The number of hydrogen-bond acceptors (Lipinski definition) is 4. The summed E-state index contributed by atoms with van der Waals surface area (Å²) in [7, 11) is 1.26. The molecule has 102 valence electrons. The molecule has 0 saturated heterocycles. The summed E-state index contributed by atoms with van der Waals surface area (Å²) in [6.07, 6.45) is 1.49. The first-order valence-corrected chi connectivity index (χ1v) is 5.99. The molecule has 0 amide bonds. The molecular weight excluding hydrogens is 282 g/mol. The number of aromatic nitrogens is 1. The number of benzene rings is 1. The summed E-state index contributed by atoms with van der Waals surface area (Å²) in [5, 5.41) is 9.31. The van der Waals surface area contributed by atoms with Crippen molar-refractivity contribution in [2.24, 2.45) is 0 Å². The van der Waals surface area contributed by atoms with Crippen LogP contribution in [0.2, 0.25) is 5.02 Å². The maximum Gasteiger partial charge on any atom is 0.339 e. The van der Waals surface area contributed by atoms with Gasteiger partial charge in [0.05, 0.1) is 29.0 Å². The van der Waals surface area contributed by atoms with Gasteiger partial charge in [0, 0.05) is 11.8 Å². The van der Waals surface area contributed by atoms with E-state index in [1.165, 1.54) is 37.6 Å². The second-order valence-corrected chi connectivity index (χ2v) is 4.30. The standard InChI is InChI=1S/C14H10ClNO4/c1-20-14(19)9-5-4-8(7-11(9)15)12-10(13(17)18)3-2-6-16-12/h2-7H,1H3,(H,17,18). The van der Waals surface area contributed by atoms with Crippen molar-refractivity contribution in [1.82, 2.24) is 4.98 Å². The van der Waals surface area contributed by atoms with Crippen LogP contribution in [0.5, 0.6) is 0 Å². The van der Waals surface area contributed by atoms with Crippen molar-refractivity contribution in [3.63, 3.8) is 0 Å². The Hall–Kier alpha value is -2.40. The van der Waals surface area contributed by atoms with Crippen LogP contribution in [0.15, 0.2) is 36.5 Å². The van der Waals surface area contributed by atoms with Gasteiger partial charge in [-0.05, 0) is 24.3 Å². The first-order chi connectivity index (χ1) is 9.54. The fraction of sp³-hybridized carbons (Fsp3) is 0.0714. The van der Waals surface area contributed by atoms with Crippen LogP contribution in [0.1, 0.15) is 20.7 Å². The molecule has 2 aromatic rings. The van der Waals surface area contributed by atoms with E-state index >= 15 is 0 Å². The van der Waals surface area contributed by atoms with Gasteiger partial charge in [0.2, 0.25) is 0 Å². The molecule has 0 saturated carbocycles. The van der Waals surface area contributed by atoms with Crippen LogP contribution in [0.3, 0.4) is 0 Å². The van der Waals surface area contributed by atoms with E-state index in [1.807, 2.05) is 0 Å². The monoisotopic (exact) mass is 291 g/mol. The number of methoxy groups -OCH3 is 1. The molecule has 0 fully saturated rings. The van der Waals surface area contributed by atoms with E-state index in [4.69, 9.17) is 16.7 Å². The fourth-order valence-corrected chi connectivity index (χ4v) is 2.00. The molecule has 0 aliphatic carbocycles. The number of halogens is 1. The topological polar surface area (TPSA) is 76.5 Å². The number of esters is 1. The Balaban J connectivity index is 2.53. The number of carboxylic acids is 1. The van der Waals surface area contributed by atoms with E-state index in [-0.39, 0.29) is 16.1 Å². The Morgan fingerprint density at radius 2 is 2.00 bits per heavy atom. The van der Waals surface area contributed by atoms with Gasteiger partial charge in [0.1, 0.15) is 0 Å². The van der Waals surface area contributed by atoms with Crippen molar-refractivity contribution in [3.8, 4) is 11.3 Å². The van der Waals surface area contributed by atoms with Gasteiger partial charge in [-0.15, -0.1) is 0 Å². The molecule has 0 unspecified atom stereocenters. The zero-order valence-corrected chi connectivity index (χ0v) is 11.2. The summed E-state index contributed by atoms with van der Waals surface area (Å²) in [4.78, 5) is 26.6. The molecule has 0 bridgehead atoms. The Labute approximate surface area is 119 Å². The van der Waals surface area contributed by atoms with Crippen LogP contribution in [0.4, 0.5) is 0 Å². The molecular formula is C14H10ClNO4. The van der Waals surface area contributed by atoms with Crippen molar-refractivity contribution < 1.29 is 19.4 Å². The summed E-state index contributed by atoms with van der Waals surface area (Å²) < 4.78 is 4.59. The van der Waals surface area contributed by atoms with E-state index in [9.17, 15) is 9.59 Å². The SMILES string of the molecule is COC(=O)c1ccc(-c2ncccc2C(=O)O)cc1Cl. The molecule has 1 aromatic carbocycles. The van der Waals surface area contributed by atoms with Gasteiger partial charge in [-0.3, -0.25) is 4.98 Å². The second-order valence-electron chi connectivity index (χ2n) is 3.89. The van der Waals surface area contributed by atoms with Gasteiger partial charge in [-0.25, -0.2) is 9.59 Å². The van der Waals surface area contributed by atoms with E-state index in [0.717, 1.165) is 0 Å². The number of rotatable bonds is 3. The largest absolute Gasteiger partial charge is 0.478 e. The zero-order valence-electron chi connectivity index (χ0n) is 10.5. The number of nitrogens with zero attached hydrogens (tertiary/aromatic N) is 1. The molecule has 1 aromatic heterocycles. The number of carboxylic acid groups (broad SMARTS) is 1. The predicted molar refractivity (Wildman–Crippen MR) is 73.0 cm³/mol. The maximum atomic E-state index is 11.4. The first-order valence-electron chi connectivity index (χ1n) is 5.61. The van der Waals surface area contributed by atoms with Crippen LogP contribution < -0.4 is 0 Å². The smallest absolute Gasteiger partial charge is 0.339 e. The van der Waals surface area contributed by atoms with Gasteiger partial charge in [-0.1, -0.05) is 17.7 Å². The minimum atomic E-state index is -1.08. The van der Waals surface area contributed by atoms with Crippen LogP contribution in [0.25, 0.3) is 11.3 Å². The minimum absolute atomic E-state index is 0.0642. The normalized spacial score (nSPS) is 10.1. The average molecular weight is 292 g/mol. The molecule has 2 rings (SSSR count). The predicted octanol–water partition coefficient (Wildman–Crippen LogP) is 2.89. The Kier molecular flexibility index (Phi) is 4.00. The summed E-state index contributed by atoms with van der Waals surface area (Å²) >= 11 is 6.01. The van der Waals surface area contributed by atoms with E-state index in [2.05, 4.69) is 9.72 Å². The van der Waals surface area contributed by atoms with Gasteiger partial charge in [-0.2, -0.15) is 0 Å². The van der Waals surface area contributed by atoms with Crippen molar-refractivity contribution >= 4 is 23.5 Å². The molecule has 5 nitrogen and oxygen atoms in total. The Bertz CT molecular complexity index is 685. The number of hydrogen-bond donors (Lipinski definition) is 1. The maximum absolute atomic E-state index is 11.4. The third-order valence-electron chi connectivity index (χ3n) is 2.69. The van der Waals surface area contributed by atoms with Crippen molar-refractivity contribution in [1.29, 1.82) is 0 Å². The van der Waals surface area contributed by atoms with Crippen molar-refractivity contribution in [2.75, 3.05) is 7.11 Å². The number of aromatic carboxylic acids is 1. The third kappa shape index (κ3) is 2.62. The van der Waals surface area contributed by atoms with Crippen molar-refractivity contribution in [2.45, 2.75) is 0 Å². The lowest BCUT2D eigenvalue weighted by atomic mass is 10.0. The highest BCUT2D eigenvalue weighted by Gasteiger charge is 2.16. The van der Waals surface area contributed by atoms with Crippen LogP contribution >= 0.6 is 11.6 Å². The van der Waals surface area contributed by atoms with Crippen LogP contribution in [-0.4, -0.2) is 29.1 Å². The van der Waals surface area contributed by atoms with Gasteiger partial charge < -0.3 is 9.84 Å². The van der Waals surface area contributed by atoms with Crippen molar-refractivity contribution in [3.05, 3.63) is 52.7 Å². The highest BCUT2D eigenvalue weighted by atomic mass is 35.5. The molecule has 1 N–H and O–H groups in total. The van der Waals surface area contributed by atoms with E-state index in [1.54, 1.807) is 6.07 Å². The van der Waals surface area contributed by atoms with Crippen LogP contribution in [0, 0.1) is 0 Å². The van der Waals surface area contributed by atoms with Gasteiger partial charge in [0.25, 0.3) is 0 Å². The number of pyridine rings is 1. The van der Waals surface area contributed by atoms with Gasteiger partial charge >= 0.3 is 11.9 Å². The number of carbonyl (C=O) groups is 2. The number of ether oxygens (including phenoxy) is 1. The molecule has 0 radical (unpaired) electrons. The molecule has 6 heteroatoms. The quantitative estimate of drug-likeness (QED) is 0.880. The van der Waals surface area contributed by atoms with E-state index < -0.39 is 11.9 Å². The Morgan fingerprint density at radius 3 is 2.60 bits per heavy atom. The second kappa shape index (κ2) is 5.71. The summed E-state index contributed by atoms with van der Waals surface area (Å²) in [6.45, 7) is 0. The summed E-state index contributed by atoms with van der Waals surface area (Å²) in [6, 6.07) is 7.53. The molecule has 20 heavy (non-hydrogen) atoms. The summed E-state index contributed by atoms with van der Waals surface area (Å²) in [5.41, 5.74) is 1.08. The molecule has 0 aliphatic rings.